The summed E-state index contributed by atoms with van der Waals surface area (Å²) in [5.74, 6) is 0.837. The molecule has 1 aliphatic heterocycles. The minimum Gasteiger partial charge on any atom is -0.332 e. The molecule has 1 N–H and O–H groups in total. The number of carbonyl (C=O) groups excluding carboxylic acids is 1. The summed E-state index contributed by atoms with van der Waals surface area (Å²) < 4.78 is 1.88. The molecule has 1 fully saturated rings. The molecule has 2 aromatic heterocycles. The van der Waals surface area contributed by atoms with Gasteiger partial charge in [-0.15, -0.1) is 10.2 Å². The lowest BCUT2D eigenvalue weighted by atomic mass is 10.2. The molecule has 0 radical (unpaired) electrons. The lowest BCUT2D eigenvalue weighted by Gasteiger charge is -2.24. The van der Waals surface area contributed by atoms with Crippen LogP contribution < -0.4 is 5.32 Å². The van der Waals surface area contributed by atoms with Gasteiger partial charge in [-0.2, -0.15) is 0 Å². The lowest BCUT2D eigenvalue weighted by molar-refractivity contribution is 0.189. The molecule has 1 saturated heterocycles. The van der Waals surface area contributed by atoms with Crippen molar-refractivity contribution in [3.63, 3.8) is 0 Å². The third-order valence-corrected chi connectivity index (χ3v) is 4.27. The number of nitrogens with one attached hydrogen (secondary N) is 1. The third-order valence-electron chi connectivity index (χ3n) is 4.27. The Kier molecular flexibility index (Phi) is 4.55. The summed E-state index contributed by atoms with van der Waals surface area (Å²) in [5, 5.41) is 11.0. The summed E-state index contributed by atoms with van der Waals surface area (Å²) in [4.78, 5) is 18.7. The summed E-state index contributed by atoms with van der Waals surface area (Å²) in [7, 11) is 1.91. The summed E-state index contributed by atoms with van der Waals surface area (Å²) >= 11 is 0. The fourth-order valence-electron chi connectivity index (χ4n) is 2.98. The molecule has 1 atom stereocenters. The van der Waals surface area contributed by atoms with Crippen molar-refractivity contribution in [2.45, 2.75) is 38.8 Å². The second-order valence-electron chi connectivity index (χ2n) is 5.82. The molecule has 7 heteroatoms. The normalized spacial score (nSPS) is 17.5. The summed E-state index contributed by atoms with van der Waals surface area (Å²) in [6.07, 6.45) is 6.32. The number of nitrogens with zero attached hydrogens (tertiary/aromatic N) is 5. The lowest BCUT2D eigenvalue weighted by Crippen LogP contribution is -2.39. The summed E-state index contributed by atoms with van der Waals surface area (Å²) in [5.41, 5.74) is 2.11. The molecule has 23 heavy (non-hydrogen) atoms. The zero-order chi connectivity index (χ0) is 16.2. The number of aryl methyl sites for hydroxylation is 2. The van der Waals surface area contributed by atoms with Crippen molar-refractivity contribution in [2.24, 2.45) is 7.05 Å². The SMILES string of the molecule is CCc1ccnc(CNC(=O)N2CCC[C@H]2c2nncn2C)c1. The zero-order valence-corrected chi connectivity index (χ0v) is 13.6. The Balaban J connectivity index is 1.64. The molecule has 3 heterocycles. The molecule has 2 amide bonds. The number of urea groups is 1. The van der Waals surface area contributed by atoms with E-state index >= 15 is 0 Å². The average molecular weight is 314 g/mol. The Hall–Kier alpha value is -2.44. The van der Waals surface area contributed by atoms with Gasteiger partial charge in [-0.3, -0.25) is 4.98 Å². The Labute approximate surface area is 135 Å². The van der Waals surface area contributed by atoms with Gasteiger partial charge in [-0.1, -0.05) is 6.92 Å². The van der Waals surface area contributed by atoms with Crippen LogP contribution in [0.2, 0.25) is 0 Å². The van der Waals surface area contributed by atoms with Crippen LogP contribution >= 0.6 is 0 Å². The van der Waals surface area contributed by atoms with Crippen molar-refractivity contribution in [3.8, 4) is 0 Å². The van der Waals surface area contributed by atoms with E-state index in [4.69, 9.17) is 0 Å². The number of likely N-dealkylation sites (tertiary alicyclic amines) is 1. The maximum absolute atomic E-state index is 12.5. The molecule has 3 rings (SSSR count). The Morgan fingerprint density at radius 1 is 1.48 bits per heavy atom. The molecule has 122 valence electrons. The number of hydrogen-bond acceptors (Lipinski definition) is 4. The first-order valence-electron chi connectivity index (χ1n) is 8.01. The topological polar surface area (TPSA) is 75.9 Å². The van der Waals surface area contributed by atoms with Crippen LogP contribution in [0.5, 0.6) is 0 Å². The molecule has 0 unspecified atom stereocenters. The van der Waals surface area contributed by atoms with Crippen LogP contribution in [-0.4, -0.2) is 37.2 Å². The van der Waals surface area contributed by atoms with E-state index in [-0.39, 0.29) is 12.1 Å². The molecule has 7 nitrogen and oxygen atoms in total. The van der Waals surface area contributed by atoms with Gasteiger partial charge < -0.3 is 14.8 Å². The van der Waals surface area contributed by atoms with Crippen molar-refractivity contribution in [1.29, 1.82) is 0 Å². The average Bonchev–Trinajstić information content (AvgIpc) is 3.21. The third kappa shape index (κ3) is 3.33. The number of pyridine rings is 1. The van der Waals surface area contributed by atoms with E-state index in [0.29, 0.717) is 6.54 Å². The highest BCUT2D eigenvalue weighted by Gasteiger charge is 2.32. The van der Waals surface area contributed by atoms with Gasteiger partial charge >= 0.3 is 6.03 Å². The number of carbonyl (C=O) groups is 1. The Morgan fingerprint density at radius 2 is 2.35 bits per heavy atom. The monoisotopic (exact) mass is 314 g/mol. The first-order valence-corrected chi connectivity index (χ1v) is 8.01. The van der Waals surface area contributed by atoms with E-state index in [1.165, 1.54) is 5.56 Å². The van der Waals surface area contributed by atoms with E-state index in [9.17, 15) is 4.79 Å². The minimum atomic E-state index is -0.0702. The molecule has 0 aromatic carbocycles. The van der Waals surface area contributed by atoms with E-state index in [1.54, 1.807) is 12.5 Å². The van der Waals surface area contributed by atoms with Gasteiger partial charge in [0.25, 0.3) is 0 Å². The zero-order valence-electron chi connectivity index (χ0n) is 13.6. The van der Waals surface area contributed by atoms with Crippen LogP contribution in [0, 0.1) is 0 Å². The largest absolute Gasteiger partial charge is 0.332 e. The van der Waals surface area contributed by atoms with E-state index in [0.717, 1.165) is 37.3 Å². The highest BCUT2D eigenvalue weighted by molar-refractivity contribution is 5.74. The van der Waals surface area contributed by atoms with Crippen molar-refractivity contribution < 1.29 is 4.79 Å². The second kappa shape index (κ2) is 6.76. The van der Waals surface area contributed by atoms with Crippen LogP contribution in [0.4, 0.5) is 4.79 Å². The van der Waals surface area contributed by atoms with Gasteiger partial charge in [-0.05, 0) is 37.0 Å². The van der Waals surface area contributed by atoms with Gasteiger partial charge in [0.05, 0.1) is 18.3 Å². The van der Waals surface area contributed by atoms with E-state index < -0.39 is 0 Å². The second-order valence-corrected chi connectivity index (χ2v) is 5.82. The van der Waals surface area contributed by atoms with Gasteiger partial charge in [0, 0.05) is 19.8 Å². The number of aromatic nitrogens is 4. The van der Waals surface area contributed by atoms with Crippen molar-refractivity contribution >= 4 is 6.03 Å². The first-order chi connectivity index (χ1) is 11.2. The quantitative estimate of drug-likeness (QED) is 0.934. The molecule has 1 aliphatic rings. The fraction of sp³-hybridized carbons (Fsp3) is 0.500. The van der Waals surface area contributed by atoms with Crippen LogP contribution in [0.15, 0.2) is 24.7 Å². The molecule has 0 saturated carbocycles. The number of hydrogen-bond donors (Lipinski definition) is 1. The Bertz CT molecular complexity index is 683. The van der Waals surface area contributed by atoms with Crippen LogP contribution in [-0.2, 0) is 20.0 Å². The van der Waals surface area contributed by atoms with Crippen LogP contribution in [0.1, 0.15) is 42.9 Å². The fourth-order valence-corrected chi connectivity index (χ4v) is 2.98. The highest BCUT2D eigenvalue weighted by atomic mass is 16.2. The molecule has 2 aromatic rings. The minimum absolute atomic E-state index is 0.00237. The summed E-state index contributed by atoms with van der Waals surface area (Å²) in [6.45, 7) is 3.29. The Morgan fingerprint density at radius 3 is 3.09 bits per heavy atom. The number of amides is 2. The predicted molar refractivity (Wildman–Crippen MR) is 85.5 cm³/mol. The van der Waals surface area contributed by atoms with Gasteiger partial charge in [0.15, 0.2) is 5.82 Å². The van der Waals surface area contributed by atoms with Crippen molar-refractivity contribution in [2.75, 3.05) is 6.54 Å². The highest BCUT2D eigenvalue weighted by Crippen LogP contribution is 2.30. The van der Waals surface area contributed by atoms with Crippen LogP contribution in [0.3, 0.4) is 0 Å². The molecular weight excluding hydrogens is 292 g/mol. The van der Waals surface area contributed by atoms with E-state index in [1.807, 2.05) is 28.6 Å². The summed E-state index contributed by atoms with van der Waals surface area (Å²) in [6, 6.07) is 3.96. The maximum Gasteiger partial charge on any atom is 0.318 e. The smallest absolute Gasteiger partial charge is 0.318 e. The van der Waals surface area contributed by atoms with Gasteiger partial charge in [0.2, 0.25) is 0 Å². The van der Waals surface area contributed by atoms with Crippen molar-refractivity contribution in [3.05, 3.63) is 41.7 Å². The number of rotatable bonds is 4. The van der Waals surface area contributed by atoms with Gasteiger partial charge in [0.1, 0.15) is 6.33 Å². The van der Waals surface area contributed by atoms with E-state index in [2.05, 4.69) is 27.4 Å². The standard InChI is InChI=1S/C16H22N6O/c1-3-12-6-7-17-13(9-12)10-18-16(23)22-8-4-5-14(22)15-20-19-11-21(15)2/h6-7,9,11,14H,3-5,8,10H2,1-2H3,(H,18,23)/t14-/m0/s1. The molecular formula is C16H22N6O. The molecule has 0 bridgehead atoms. The predicted octanol–water partition coefficient (Wildman–Crippen LogP) is 1.82. The first kappa shape index (κ1) is 15.5. The van der Waals surface area contributed by atoms with Crippen molar-refractivity contribution in [1.82, 2.24) is 30.0 Å². The maximum atomic E-state index is 12.5. The van der Waals surface area contributed by atoms with Crippen LogP contribution in [0.25, 0.3) is 0 Å². The van der Waals surface area contributed by atoms with Gasteiger partial charge in [-0.25, -0.2) is 4.79 Å². The molecule has 0 aliphatic carbocycles. The molecule has 0 spiro atoms.